The van der Waals surface area contributed by atoms with E-state index in [2.05, 4.69) is 20.0 Å². The van der Waals surface area contributed by atoms with Gasteiger partial charge in [-0.15, -0.1) is 11.6 Å². The number of nitrogens with two attached hydrogens (primary N) is 1. The minimum absolute atomic E-state index is 0.0885. The van der Waals surface area contributed by atoms with Gasteiger partial charge in [-0.2, -0.15) is 0 Å². The number of nitrogen functional groups attached to an aromatic ring is 1. The Hall–Kier alpha value is -1.88. The van der Waals surface area contributed by atoms with Crippen LogP contribution in [0.2, 0.25) is 0 Å². The minimum atomic E-state index is -4.24. The predicted molar refractivity (Wildman–Crippen MR) is 156 cm³/mol. The zero-order valence-electron chi connectivity index (χ0n) is 24.2. The van der Waals surface area contributed by atoms with Crippen LogP contribution < -0.4 is 10.8 Å². The van der Waals surface area contributed by atoms with Crippen LogP contribution in [-0.4, -0.2) is 95.6 Å². The molecule has 18 heteroatoms. The number of alkyl halides is 1. The number of imidazole rings is 1. The Morgan fingerprint density at radius 3 is 2.64 bits per heavy atom. The predicted octanol–water partition coefficient (Wildman–Crippen LogP) is 2.01. The first-order valence-corrected chi connectivity index (χ1v) is 16.0. The van der Waals surface area contributed by atoms with Crippen LogP contribution in [-0.2, 0) is 32.7 Å². The van der Waals surface area contributed by atoms with E-state index in [1.54, 1.807) is 34.6 Å². The van der Waals surface area contributed by atoms with E-state index in [0.717, 1.165) is 11.8 Å². The van der Waals surface area contributed by atoms with Crippen LogP contribution >= 0.6 is 31.1 Å². The number of hydrogen-bond acceptors (Lipinski definition) is 14. The second kappa shape index (κ2) is 13.8. The van der Waals surface area contributed by atoms with Gasteiger partial charge in [-0.25, -0.2) is 24.6 Å². The number of carbonyl (C=O) groups is 2. The van der Waals surface area contributed by atoms with Crippen molar-refractivity contribution < 1.29 is 42.9 Å². The lowest BCUT2D eigenvalue weighted by atomic mass is 9.97. The zero-order valence-corrected chi connectivity index (χ0v) is 26.7. The minimum Gasteiger partial charge on any atom is -0.462 e. The van der Waals surface area contributed by atoms with Gasteiger partial charge in [-0.1, -0.05) is 11.8 Å². The van der Waals surface area contributed by atoms with Crippen LogP contribution in [0.5, 0.6) is 0 Å². The fourth-order valence-corrected chi connectivity index (χ4v) is 6.56. The molecule has 2 aromatic heterocycles. The highest BCUT2D eigenvalue weighted by Gasteiger charge is 2.54. The highest BCUT2D eigenvalue weighted by molar-refractivity contribution is 8.13. The van der Waals surface area contributed by atoms with Crippen LogP contribution in [0.1, 0.15) is 47.8 Å². The third-order valence-electron chi connectivity index (χ3n) is 6.35. The van der Waals surface area contributed by atoms with Crippen LogP contribution in [0.4, 0.5) is 5.82 Å². The Bertz CT molecular complexity index is 1310. The van der Waals surface area contributed by atoms with E-state index < -0.39 is 61.2 Å². The van der Waals surface area contributed by atoms with Gasteiger partial charge in [-0.3, -0.25) is 23.2 Å². The number of ether oxygens (including phenoxy) is 2. The number of anilines is 1. The molecule has 0 aliphatic carbocycles. The van der Waals surface area contributed by atoms with Gasteiger partial charge in [0, 0.05) is 5.75 Å². The summed E-state index contributed by atoms with van der Waals surface area (Å²) in [5.74, 6) is -0.446. The average molecular weight is 653 g/mol. The van der Waals surface area contributed by atoms with Gasteiger partial charge < -0.3 is 25.4 Å². The summed E-state index contributed by atoms with van der Waals surface area (Å²) in [4.78, 5) is 35.6. The molecule has 5 N–H and O–H groups in total. The summed E-state index contributed by atoms with van der Waals surface area (Å²) in [7, 11) is -4.24. The molecular weight excluding hydrogens is 615 g/mol. The number of aliphatic hydroxyl groups excluding tert-OH is 2. The second-order valence-electron chi connectivity index (χ2n) is 10.8. The number of nitrogens with zero attached hydrogens (tertiary/aromatic N) is 4. The molecule has 0 radical (unpaired) electrons. The zero-order chi connectivity index (χ0) is 31.5. The lowest BCUT2D eigenvalue weighted by Gasteiger charge is -2.26. The summed E-state index contributed by atoms with van der Waals surface area (Å²) in [6.07, 6.45) is -1.13. The Balaban J connectivity index is 1.74. The molecule has 42 heavy (non-hydrogen) atoms. The van der Waals surface area contributed by atoms with Gasteiger partial charge in [0.05, 0.1) is 37.7 Å². The standard InChI is InChI=1S/C24H38ClN6O9PS/c1-13(2)39-20(34)14(3)30-41(36,37-7-8-42-22(35)23(4,5)10-32)38-9-15-17(33)24(6,25)21(40-15)31-12-29-16-18(26)27-11-28-19(16)31/h11-15,17,21,32-33H,7-10H2,1-6H3,(H,30,36)(H2,26,27,28)/t14-,15+,17+,21+,24+,41-/m0/s1. The Kier molecular flexibility index (Phi) is 11.4. The topological polar surface area (TPSA) is 210 Å². The number of halogens is 1. The molecule has 0 aromatic carbocycles. The molecule has 0 amide bonds. The van der Waals surface area contributed by atoms with Gasteiger partial charge in [0.25, 0.3) is 0 Å². The molecule has 3 rings (SSSR count). The quantitative estimate of drug-likeness (QED) is 0.0995. The molecule has 2 aromatic rings. The number of aliphatic hydroxyl groups is 2. The fraction of sp³-hybridized carbons (Fsp3) is 0.708. The first kappa shape index (κ1) is 34.6. The number of carbonyl (C=O) groups excluding carboxylic acids is 2. The van der Waals surface area contributed by atoms with Crippen molar-refractivity contribution in [3.05, 3.63) is 12.7 Å². The van der Waals surface area contributed by atoms with Crippen molar-refractivity contribution in [2.45, 2.75) is 77.0 Å². The number of rotatable bonds is 14. The Morgan fingerprint density at radius 1 is 1.31 bits per heavy atom. The highest BCUT2D eigenvalue weighted by Crippen LogP contribution is 2.48. The Morgan fingerprint density at radius 2 is 2.00 bits per heavy atom. The number of fused-ring (bicyclic) bond motifs is 1. The van der Waals surface area contributed by atoms with Gasteiger partial charge in [0.1, 0.15) is 35.0 Å². The molecule has 1 aliphatic heterocycles. The van der Waals surface area contributed by atoms with Crippen LogP contribution in [0, 0.1) is 5.41 Å². The molecule has 0 spiro atoms. The SMILES string of the molecule is CC(C)OC(=O)[C@H](C)N[P@](=O)(OCCSC(=O)C(C)(C)CO)OC[C@H]1O[C@@H](n2cnc3c(N)ncnc32)[C@](C)(Cl)[C@@H]1O. The molecular formula is C24H38ClN6O9PS. The van der Waals surface area contributed by atoms with Gasteiger partial charge in [0.15, 0.2) is 22.8 Å². The third kappa shape index (κ3) is 7.98. The summed E-state index contributed by atoms with van der Waals surface area (Å²) in [5, 5.41) is 22.7. The van der Waals surface area contributed by atoms with Crippen LogP contribution in [0.15, 0.2) is 12.7 Å². The Labute approximate surface area is 252 Å². The molecule has 0 unspecified atom stereocenters. The maximum atomic E-state index is 13.7. The maximum Gasteiger partial charge on any atom is 0.406 e. The summed E-state index contributed by atoms with van der Waals surface area (Å²) >= 11 is 7.63. The summed E-state index contributed by atoms with van der Waals surface area (Å²) in [6, 6.07) is -1.09. The third-order valence-corrected chi connectivity index (χ3v) is 9.66. The van der Waals surface area contributed by atoms with Crippen molar-refractivity contribution in [2.75, 3.05) is 31.3 Å². The van der Waals surface area contributed by atoms with Crippen molar-refractivity contribution in [2.24, 2.45) is 5.41 Å². The molecule has 236 valence electrons. The summed E-state index contributed by atoms with van der Waals surface area (Å²) in [5.41, 5.74) is 5.58. The van der Waals surface area contributed by atoms with Crippen molar-refractivity contribution in [1.82, 2.24) is 24.6 Å². The van der Waals surface area contributed by atoms with E-state index in [4.69, 9.17) is 35.9 Å². The molecule has 15 nitrogen and oxygen atoms in total. The normalized spacial score (nSPS) is 25.0. The van der Waals surface area contributed by atoms with Crippen molar-refractivity contribution in [3.63, 3.8) is 0 Å². The van der Waals surface area contributed by atoms with E-state index >= 15 is 0 Å². The molecule has 1 saturated heterocycles. The lowest BCUT2D eigenvalue weighted by molar-refractivity contribution is -0.149. The molecule has 0 saturated carbocycles. The van der Waals surface area contributed by atoms with E-state index in [-0.39, 0.29) is 29.9 Å². The molecule has 0 bridgehead atoms. The molecule has 1 fully saturated rings. The highest BCUT2D eigenvalue weighted by atomic mass is 35.5. The van der Waals surface area contributed by atoms with E-state index in [9.17, 15) is 24.4 Å². The van der Waals surface area contributed by atoms with Crippen molar-refractivity contribution in [3.8, 4) is 0 Å². The monoisotopic (exact) mass is 652 g/mol. The van der Waals surface area contributed by atoms with Gasteiger partial charge in [0.2, 0.25) is 0 Å². The maximum absolute atomic E-state index is 13.7. The summed E-state index contributed by atoms with van der Waals surface area (Å²) in [6.45, 7) is 8.52. The van der Waals surface area contributed by atoms with E-state index in [1.165, 1.54) is 24.1 Å². The smallest absolute Gasteiger partial charge is 0.406 e. The number of hydrogen-bond donors (Lipinski definition) is 4. The fourth-order valence-electron chi connectivity index (χ4n) is 3.85. The van der Waals surface area contributed by atoms with Crippen molar-refractivity contribution in [1.29, 1.82) is 0 Å². The van der Waals surface area contributed by atoms with Gasteiger partial charge in [-0.05, 0) is 41.5 Å². The molecule has 1 aliphatic rings. The second-order valence-corrected chi connectivity index (χ2v) is 14.5. The van der Waals surface area contributed by atoms with Crippen molar-refractivity contribution >= 4 is 59.2 Å². The number of thioether (sulfide) groups is 1. The molecule has 3 heterocycles. The largest absolute Gasteiger partial charge is 0.462 e. The van der Waals surface area contributed by atoms with E-state index in [0.29, 0.717) is 11.2 Å². The van der Waals surface area contributed by atoms with E-state index in [1.807, 2.05) is 0 Å². The number of esters is 1. The number of aromatic nitrogens is 4. The first-order valence-electron chi connectivity index (χ1n) is 13.1. The first-order chi connectivity index (χ1) is 19.5. The van der Waals surface area contributed by atoms with Gasteiger partial charge >= 0.3 is 13.7 Å². The number of nitrogens with one attached hydrogen (secondary N) is 1. The summed E-state index contributed by atoms with van der Waals surface area (Å²) < 4.78 is 37.6. The lowest BCUT2D eigenvalue weighted by Crippen LogP contribution is -2.40. The average Bonchev–Trinajstić information content (AvgIpc) is 3.44. The van der Waals surface area contributed by atoms with Crippen LogP contribution in [0.25, 0.3) is 11.2 Å². The molecule has 6 atom stereocenters. The van der Waals surface area contributed by atoms with Crippen LogP contribution in [0.3, 0.4) is 0 Å².